The molecule has 4 aromatic rings. The molecule has 2 amide bonds. The molecule has 0 saturated heterocycles. The smallest absolute Gasteiger partial charge is 0.261 e. The largest absolute Gasteiger partial charge is 0.352 e. The lowest BCUT2D eigenvalue weighted by molar-refractivity contribution is -0.115. The van der Waals surface area contributed by atoms with Crippen LogP contribution in [0.5, 0.6) is 0 Å². The minimum absolute atomic E-state index is 0.103. The van der Waals surface area contributed by atoms with E-state index in [0.29, 0.717) is 28.7 Å². The van der Waals surface area contributed by atoms with Crippen LogP contribution in [0.2, 0.25) is 0 Å². The molecule has 1 aliphatic rings. The molecule has 1 aliphatic carbocycles. The number of carbonyl (C=O) groups excluding carboxylic acids is 2. The van der Waals surface area contributed by atoms with Crippen LogP contribution in [0.25, 0.3) is 11.3 Å². The van der Waals surface area contributed by atoms with E-state index in [-0.39, 0.29) is 18.2 Å². The summed E-state index contributed by atoms with van der Waals surface area (Å²) in [4.78, 5) is 33.6. The van der Waals surface area contributed by atoms with Crippen molar-refractivity contribution >= 4 is 35.3 Å². The summed E-state index contributed by atoms with van der Waals surface area (Å²) in [7, 11) is 0. The fraction of sp³-hybridized carbons (Fsp3) is 0.265. The molecule has 3 aromatic carbocycles. The quantitative estimate of drug-likeness (QED) is 0.178. The standard InChI is InChI=1S/C34H36N4O2S/c1-3-19-38(23-26-9-5-4-6-10-26)32-22-27(35-33(39)20-25-15-13-24(2)14-16-25)21-31(36-32)29-11-7-8-12-30(29)34(40)37-41-28-17-18-28/h4-16,21-22,28H,3,17-20,23H2,1-2H3,(H,37,40)(H,35,36,39). The molecule has 0 aliphatic heterocycles. The predicted octanol–water partition coefficient (Wildman–Crippen LogP) is 7.20. The van der Waals surface area contributed by atoms with Crippen LogP contribution in [0.4, 0.5) is 11.5 Å². The van der Waals surface area contributed by atoms with Crippen LogP contribution in [0.3, 0.4) is 0 Å². The van der Waals surface area contributed by atoms with E-state index in [0.717, 1.165) is 48.3 Å². The molecule has 2 N–H and O–H groups in total. The topological polar surface area (TPSA) is 74.3 Å². The molecule has 1 heterocycles. The number of pyridine rings is 1. The first kappa shape index (κ1) is 28.4. The maximum Gasteiger partial charge on any atom is 0.261 e. The first-order valence-electron chi connectivity index (χ1n) is 14.2. The van der Waals surface area contributed by atoms with Crippen molar-refractivity contribution in [3.63, 3.8) is 0 Å². The van der Waals surface area contributed by atoms with E-state index in [1.165, 1.54) is 17.5 Å². The van der Waals surface area contributed by atoms with Crippen molar-refractivity contribution in [2.24, 2.45) is 0 Å². The summed E-state index contributed by atoms with van der Waals surface area (Å²) in [6.07, 6.45) is 3.48. The second-order valence-corrected chi connectivity index (χ2v) is 11.6. The monoisotopic (exact) mass is 564 g/mol. The van der Waals surface area contributed by atoms with Gasteiger partial charge in [0.2, 0.25) is 5.91 Å². The second-order valence-electron chi connectivity index (χ2n) is 10.5. The number of nitrogens with one attached hydrogen (secondary N) is 2. The normalized spacial score (nSPS) is 12.5. The molecule has 41 heavy (non-hydrogen) atoms. The van der Waals surface area contributed by atoms with Crippen LogP contribution in [0.1, 0.15) is 53.2 Å². The molecule has 7 heteroatoms. The van der Waals surface area contributed by atoms with E-state index in [1.54, 1.807) is 0 Å². The van der Waals surface area contributed by atoms with Gasteiger partial charge in [0.05, 0.1) is 12.1 Å². The number of nitrogens with zero attached hydrogens (tertiary/aromatic N) is 2. The Kier molecular flexibility index (Phi) is 9.36. The first-order chi connectivity index (χ1) is 20.0. The molecule has 1 saturated carbocycles. The van der Waals surface area contributed by atoms with Crippen molar-refractivity contribution in [2.75, 3.05) is 16.8 Å². The molecule has 0 spiro atoms. The summed E-state index contributed by atoms with van der Waals surface area (Å²) < 4.78 is 3.01. The first-order valence-corrected chi connectivity index (χ1v) is 15.1. The van der Waals surface area contributed by atoms with Gasteiger partial charge in [0, 0.05) is 41.2 Å². The number of benzene rings is 3. The molecule has 0 bridgehead atoms. The van der Waals surface area contributed by atoms with Crippen LogP contribution < -0.4 is 14.9 Å². The highest BCUT2D eigenvalue weighted by Gasteiger charge is 2.24. The maximum absolute atomic E-state index is 13.2. The molecule has 0 atom stereocenters. The summed E-state index contributed by atoms with van der Waals surface area (Å²) >= 11 is 1.49. The van der Waals surface area contributed by atoms with Gasteiger partial charge in [-0.1, -0.05) is 85.3 Å². The number of hydrogen-bond donors (Lipinski definition) is 2. The SMILES string of the molecule is CCCN(Cc1ccccc1)c1cc(NC(=O)Cc2ccc(C)cc2)cc(-c2ccccc2C(=O)NSC2CC2)n1. The zero-order chi connectivity index (χ0) is 28.6. The maximum atomic E-state index is 13.2. The van der Waals surface area contributed by atoms with Crippen molar-refractivity contribution in [3.05, 3.63) is 113 Å². The number of carbonyl (C=O) groups is 2. The summed E-state index contributed by atoms with van der Waals surface area (Å²) in [5.41, 5.74) is 5.87. The van der Waals surface area contributed by atoms with E-state index in [2.05, 4.69) is 34.0 Å². The van der Waals surface area contributed by atoms with Gasteiger partial charge in [-0.25, -0.2) is 4.98 Å². The number of hydrogen-bond acceptors (Lipinski definition) is 5. The average Bonchev–Trinajstić information content (AvgIpc) is 3.82. The highest BCUT2D eigenvalue weighted by Crippen LogP contribution is 2.33. The van der Waals surface area contributed by atoms with Crippen LogP contribution in [0.15, 0.2) is 91.0 Å². The highest BCUT2D eigenvalue weighted by molar-refractivity contribution is 7.98. The van der Waals surface area contributed by atoms with E-state index < -0.39 is 0 Å². The lowest BCUT2D eigenvalue weighted by atomic mass is 10.0. The molecule has 6 nitrogen and oxygen atoms in total. The van der Waals surface area contributed by atoms with Crippen molar-refractivity contribution in [1.29, 1.82) is 0 Å². The second kappa shape index (κ2) is 13.5. The zero-order valence-electron chi connectivity index (χ0n) is 23.6. The van der Waals surface area contributed by atoms with E-state index in [4.69, 9.17) is 4.98 Å². The van der Waals surface area contributed by atoms with Crippen molar-refractivity contribution in [2.45, 2.75) is 51.3 Å². The Hall–Kier alpha value is -4.10. The lowest BCUT2D eigenvalue weighted by Crippen LogP contribution is -2.25. The molecular weight excluding hydrogens is 528 g/mol. The van der Waals surface area contributed by atoms with E-state index in [9.17, 15) is 9.59 Å². The Bertz CT molecular complexity index is 1490. The van der Waals surface area contributed by atoms with Crippen LogP contribution in [-0.2, 0) is 17.8 Å². The third-order valence-corrected chi connectivity index (χ3v) is 8.01. The van der Waals surface area contributed by atoms with Gasteiger partial charge in [0.15, 0.2) is 0 Å². The predicted molar refractivity (Wildman–Crippen MR) is 169 cm³/mol. The third-order valence-electron chi connectivity index (χ3n) is 6.90. The Labute approximate surface area is 246 Å². The number of anilines is 2. The van der Waals surface area contributed by atoms with Gasteiger partial charge in [0.25, 0.3) is 5.91 Å². The van der Waals surface area contributed by atoms with Crippen molar-refractivity contribution < 1.29 is 9.59 Å². The van der Waals surface area contributed by atoms with E-state index >= 15 is 0 Å². The van der Waals surface area contributed by atoms with Gasteiger partial charge in [-0.2, -0.15) is 0 Å². The van der Waals surface area contributed by atoms with Crippen LogP contribution in [0, 0.1) is 6.92 Å². The Morgan fingerprint density at radius 1 is 0.927 bits per heavy atom. The number of aryl methyl sites for hydroxylation is 1. The molecule has 1 fully saturated rings. The molecule has 0 unspecified atom stereocenters. The fourth-order valence-electron chi connectivity index (χ4n) is 4.62. The number of aromatic nitrogens is 1. The molecule has 210 valence electrons. The summed E-state index contributed by atoms with van der Waals surface area (Å²) in [5, 5.41) is 3.61. The van der Waals surface area contributed by atoms with Crippen molar-refractivity contribution in [1.82, 2.24) is 9.71 Å². The summed E-state index contributed by atoms with van der Waals surface area (Å²) in [6.45, 7) is 5.65. The Morgan fingerprint density at radius 2 is 1.66 bits per heavy atom. The van der Waals surface area contributed by atoms with Gasteiger partial charge in [0.1, 0.15) is 5.82 Å². The van der Waals surface area contributed by atoms with Crippen molar-refractivity contribution in [3.8, 4) is 11.3 Å². The minimum atomic E-state index is -0.135. The molecule has 1 aromatic heterocycles. The molecule has 0 radical (unpaired) electrons. The van der Waals surface area contributed by atoms with Crippen LogP contribution >= 0.6 is 11.9 Å². The van der Waals surface area contributed by atoms with Crippen LogP contribution in [-0.4, -0.2) is 28.6 Å². The Balaban J connectivity index is 1.49. The highest BCUT2D eigenvalue weighted by atomic mass is 32.2. The third kappa shape index (κ3) is 7.98. The fourth-order valence-corrected chi connectivity index (χ4v) is 5.37. The van der Waals surface area contributed by atoms with Gasteiger partial charge < -0.3 is 10.2 Å². The summed E-state index contributed by atoms with van der Waals surface area (Å²) in [5.74, 6) is 0.514. The Morgan fingerprint density at radius 3 is 2.39 bits per heavy atom. The summed E-state index contributed by atoms with van der Waals surface area (Å²) in [6, 6.07) is 29.6. The minimum Gasteiger partial charge on any atom is -0.352 e. The average molecular weight is 565 g/mol. The van der Waals surface area contributed by atoms with Gasteiger partial charge in [-0.15, -0.1) is 0 Å². The number of amides is 2. The lowest BCUT2D eigenvalue weighted by Gasteiger charge is -2.25. The van der Waals surface area contributed by atoms with E-state index in [1.807, 2.05) is 85.8 Å². The zero-order valence-corrected chi connectivity index (χ0v) is 24.4. The molecular formula is C34H36N4O2S. The van der Waals surface area contributed by atoms with Gasteiger partial charge >= 0.3 is 0 Å². The molecule has 5 rings (SSSR count). The van der Waals surface area contributed by atoms with Gasteiger partial charge in [-0.3, -0.25) is 14.3 Å². The van der Waals surface area contributed by atoms with Gasteiger partial charge in [-0.05, 0) is 61.4 Å². The number of rotatable bonds is 12.